The van der Waals surface area contributed by atoms with Crippen LogP contribution in [-0.2, 0) is 28.6 Å². The van der Waals surface area contributed by atoms with Gasteiger partial charge in [-0.2, -0.15) is 0 Å². The van der Waals surface area contributed by atoms with Crippen molar-refractivity contribution in [2.45, 2.75) is 438 Å². The van der Waals surface area contributed by atoms with Gasteiger partial charge in [-0.15, -0.1) is 0 Å². The van der Waals surface area contributed by atoms with Crippen molar-refractivity contribution in [1.82, 2.24) is 0 Å². The van der Waals surface area contributed by atoms with E-state index in [9.17, 15) is 14.4 Å². The number of hydrogen-bond acceptors (Lipinski definition) is 6. The maximum atomic E-state index is 13.0. The number of hydrogen-bond donors (Lipinski definition) is 0. The lowest BCUT2D eigenvalue weighted by molar-refractivity contribution is -0.167. The van der Waals surface area contributed by atoms with Gasteiger partial charge in [0.15, 0.2) is 6.10 Å². The number of rotatable bonds is 69. The van der Waals surface area contributed by atoms with Gasteiger partial charge < -0.3 is 14.2 Å². The van der Waals surface area contributed by atoms with Crippen LogP contribution in [0.15, 0.2) is 0 Å². The minimum atomic E-state index is -0.763. The van der Waals surface area contributed by atoms with Gasteiger partial charge in [0.25, 0.3) is 0 Å². The van der Waals surface area contributed by atoms with Crippen molar-refractivity contribution in [3.63, 3.8) is 0 Å². The van der Waals surface area contributed by atoms with E-state index >= 15 is 0 Å². The molecule has 0 rings (SSSR count). The Labute approximate surface area is 495 Å². The van der Waals surface area contributed by atoms with Crippen molar-refractivity contribution in [2.24, 2.45) is 0 Å². The normalized spacial score (nSPS) is 11.9. The van der Waals surface area contributed by atoms with Gasteiger partial charge in [0.1, 0.15) is 13.2 Å². The smallest absolute Gasteiger partial charge is 0.306 e. The van der Waals surface area contributed by atoms with E-state index in [-0.39, 0.29) is 31.1 Å². The van der Waals surface area contributed by atoms with E-state index in [0.29, 0.717) is 19.3 Å². The van der Waals surface area contributed by atoms with E-state index in [1.807, 2.05) is 0 Å². The van der Waals surface area contributed by atoms with E-state index in [1.54, 1.807) is 0 Å². The van der Waals surface area contributed by atoms with Gasteiger partial charge in [0, 0.05) is 19.3 Å². The summed E-state index contributed by atoms with van der Waals surface area (Å²) in [5.74, 6) is -0.817. The molecule has 0 aliphatic carbocycles. The molecule has 6 nitrogen and oxygen atoms in total. The van der Waals surface area contributed by atoms with Crippen LogP contribution in [0.2, 0.25) is 0 Å². The van der Waals surface area contributed by atoms with Crippen LogP contribution in [0.5, 0.6) is 0 Å². The lowest BCUT2D eigenvalue weighted by Crippen LogP contribution is -2.30. The highest BCUT2D eigenvalue weighted by Gasteiger charge is 2.20. The Bertz CT molecular complexity index is 1190. The number of ether oxygens (including phenoxy) is 3. The molecule has 0 aromatic rings. The zero-order chi connectivity index (χ0) is 57.1. The van der Waals surface area contributed by atoms with Crippen LogP contribution in [0.3, 0.4) is 0 Å². The molecule has 0 saturated carbocycles. The Hall–Kier alpha value is -1.59. The average molecular weight is 1120 g/mol. The summed E-state index contributed by atoms with van der Waals surface area (Å²) < 4.78 is 17.0. The molecule has 0 aliphatic heterocycles. The lowest BCUT2D eigenvalue weighted by Gasteiger charge is -2.18. The largest absolute Gasteiger partial charge is 0.462 e. The summed E-state index contributed by atoms with van der Waals surface area (Å²) in [7, 11) is 0. The van der Waals surface area contributed by atoms with Gasteiger partial charge in [-0.05, 0) is 19.3 Å². The standard InChI is InChI=1S/C73H142O6/c1-4-7-10-13-16-19-22-25-28-31-33-34-35-36-37-38-39-41-42-45-48-51-54-57-60-63-66-72(75)78-69-70(68-77-71(74)65-62-59-56-53-50-47-44-30-27-24-21-18-15-12-9-6-3)79-73(76)67-64-61-58-55-52-49-46-43-40-32-29-26-23-20-17-14-11-8-5-2/h70H,4-69H2,1-3H3. The minimum absolute atomic E-state index is 0.0600. The summed E-state index contributed by atoms with van der Waals surface area (Å²) in [6.07, 6.45) is 81.4. The second-order valence-electron chi connectivity index (χ2n) is 25.2. The van der Waals surface area contributed by atoms with Crippen LogP contribution >= 0.6 is 0 Å². The Morgan fingerprint density at radius 1 is 0.203 bits per heavy atom. The summed E-state index contributed by atoms with van der Waals surface area (Å²) in [5, 5.41) is 0. The molecule has 0 spiro atoms. The van der Waals surface area contributed by atoms with Crippen LogP contribution in [0, 0.1) is 0 Å². The SMILES string of the molecule is CCCCCCCCCCCCCCCCCCCCCCCCCCCCC(=O)OCC(COC(=O)CCCCCCCCCCCCCCCCCC)OC(=O)CCCCCCCCCCCCCCCCCCCCC. The van der Waals surface area contributed by atoms with E-state index in [4.69, 9.17) is 14.2 Å². The molecular formula is C73H142O6. The molecule has 0 aliphatic rings. The van der Waals surface area contributed by atoms with E-state index in [2.05, 4.69) is 20.8 Å². The van der Waals surface area contributed by atoms with Gasteiger partial charge in [0.05, 0.1) is 0 Å². The molecule has 0 aromatic carbocycles. The zero-order valence-electron chi connectivity index (χ0n) is 54.2. The summed E-state index contributed by atoms with van der Waals surface area (Å²) >= 11 is 0. The zero-order valence-corrected chi connectivity index (χ0v) is 54.2. The van der Waals surface area contributed by atoms with E-state index in [1.165, 1.54) is 334 Å². The lowest BCUT2D eigenvalue weighted by atomic mass is 10.0. The minimum Gasteiger partial charge on any atom is -0.462 e. The number of carbonyl (C=O) groups excluding carboxylic acids is 3. The van der Waals surface area contributed by atoms with Gasteiger partial charge in [-0.3, -0.25) is 14.4 Å². The first-order chi connectivity index (χ1) is 39.0. The van der Waals surface area contributed by atoms with Crippen molar-refractivity contribution >= 4 is 17.9 Å². The second-order valence-corrected chi connectivity index (χ2v) is 25.2. The van der Waals surface area contributed by atoms with Crippen LogP contribution in [-0.4, -0.2) is 37.2 Å². The first kappa shape index (κ1) is 77.4. The molecule has 79 heavy (non-hydrogen) atoms. The second kappa shape index (κ2) is 68.9. The molecule has 0 aromatic heterocycles. The third-order valence-electron chi connectivity index (χ3n) is 17.1. The fraction of sp³-hybridized carbons (Fsp3) is 0.959. The first-order valence-corrected chi connectivity index (χ1v) is 36.5. The third kappa shape index (κ3) is 67.1. The Morgan fingerprint density at radius 2 is 0.342 bits per heavy atom. The molecule has 470 valence electrons. The Balaban J connectivity index is 4.21. The monoisotopic (exact) mass is 1120 g/mol. The van der Waals surface area contributed by atoms with Gasteiger partial charge in [0.2, 0.25) is 0 Å². The van der Waals surface area contributed by atoms with Gasteiger partial charge in [-0.1, -0.05) is 393 Å². The molecule has 0 amide bonds. The number of unbranched alkanes of at least 4 members (excludes halogenated alkanes) is 58. The van der Waals surface area contributed by atoms with Crippen LogP contribution < -0.4 is 0 Å². The first-order valence-electron chi connectivity index (χ1n) is 36.5. The topological polar surface area (TPSA) is 78.9 Å². The fourth-order valence-electron chi connectivity index (χ4n) is 11.6. The predicted octanol–water partition coefficient (Wildman–Crippen LogP) is 25.0. The maximum absolute atomic E-state index is 13.0. The summed E-state index contributed by atoms with van der Waals surface area (Å²) in [4.78, 5) is 38.5. The molecule has 0 radical (unpaired) electrons. The predicted molar refractivity (Wildman–Crippen MR) is 344 cm³/mol. The number of esters is 3. The van der Waals surface area contributed by atoms with E-state index in [0.717, 1.165) is 57.8 Å². The van der Waals surface area contributed by atoms with Crippen molar-refractivity contribution in [3.8, 4) is 0 Å². The van der Waals surface area contributed by atoms with Crippen molar-refractivity contribution in [3.05, 3.63) is 0 Å². The summed E-state index contributed by atoms with van der Waals surface area (Å²) in [6.45, 7) is 6.75. The maximum Gasteiger partial charge on any atom is 0.306 e. The van der Waals surface area contributed by atoms with Crippen LogP contribution in [0.1, 0.15) is 432 Å². The van der Waals surface area contributed by atoms with Crippen molar-refractivity contribution < 1.29 is 28.6 Å². The molecule has 1 atom stereocenters. The number of carbonyl (C=O) groups is 3. The molecule has 0 N–H and O–H groups in total. The molecule has 0 bridgehead atoms. The quantitative estimate of drug-likeness (QED) is 0.0343. The summed E-state index contributed by atoms with van der Waals surface area (Å²) in [5.41, 5.74) is 0. The third-order valence-corrected chi connectivity index (χ3v) is 17.1. The van der Waals surface area contributed by atoms with Crippen LogP contribution in [0.4, 0.5) is 0 Å². The highest BCUT2D eigenvalue weighted by atomic mass is 16.6. The molecule has 6 heteroatoms. The fourth-order valence-corrected chi connectivity index (χ4v) is 11.6. The van der Waals surface area contributed by atoms with Crippen molar-refractivity contribution in [2.75, 3.05) is 13.2 Å². The van der Waals surface area contributed by atoms with Crippen LogP contribution in [0.25, 0.3) is 0 Å². The Morgan fingerprint density at radius 3 is 0.506 bits per heavy atom. The molecular weight excluding hydrogens is 973 g/mol. The van der Waals surface area contributed by atoms with Gasteiger partial charge in [-0.25, -0.2) is 0 Å². The molecule has 0 fully saturated rings. The van der Waals surface area contributed by atoms with Gasteiger partial charge >= 0.3 is 17.9 Å². The Kier molecular flexibility index (Phi) is 67.5. The highest BCUT2D eigenvalue weighted by molar-refractivity contribution is 5.71. The summed E-state index contributed by atoms with van der Waals surface area (Å²) in [6, 6.07) is 0. The average Bonchev–Trinajstić information content (AvgIpc) is 3.45. The molecule has 1 unspecified atom stereocenters. The molecule has 0 heterocycles. The molecule has 0 saturated heterocycles. The van der Waals surface area contributed by atoms with E-state index < -0.39 is 6.10 Å². The highest BCUT2D eigenvalue weighted by Crippen LogP contribution is 2.20. The van der Waals surface area contributed by atoms with Crippen molar-refractivity contribution in [1.29, 1.82) is 0 Å².